The number of hydrogen-bond donors (Lipinski definition) is 1. The number of rotatable bonds is 5. The third-order valence-corrected chi connectivity index (χ3v) is 3.35. The summed E-state index contributed by atoms with van der Waals surface area (Å²) in [5, 5.41) is 10.0. The topological polar surface area (TPSA) is 32.7 Å². The van der Waals surface area contributed by atoms with E-state index in [9.17, 15) is 13.9 Å². The van der Waals surface area contributed by atoms with Crippen LogP contribution >= 0.6 is 0 Å². The fourth-order valence-corrected chi connectivity index (χ4v) is 2.33. The molecule has 2 atom stereocenters. The van der Waals surface area contributed by atoms with Gasteiger partial charge in [0.05, 0.1) is 12.2 Å². The van der Waals surface area contributed by atoms with Gasteiger partial charge in [-0.25, -0.2) is 8.78 Å². The van der Waals surface area contributed by atoms with Crippen molar-refractivity contribution in [3.63, 3.8) is 0 Å². The van der Waals surface area contributed by atoms with Crippen LogP contribution in [0, 0.1) is 11.6 Å². The lowest BCUT2D eigenvalue weighted by Crippen LogP contribution is -2.32. The number of aliphatic hydroxyl groups is 1. The monoisotopic (exact) mass is 271 g/mol. The zero-order chi connectivity index (χ0) is 13.8. The van der Waals surface area contributed by atoms with Crippen LogP contribution in [-0.2, 0) is 4.74 Å². The molecule has 1 aliphatic rings. The van der Waals surface area contributed by atoms with Gasteiger partial charge in [0.2, 0.25) is 0 Å². The van der Waals surface area contributed by atoms with Gasteiger partial charge in [-0.1, -0.05) is 6.07 Å². The van der Waals surface area contributed by atoms with Crippen molar-refractivity contribution < 1.29 is 18.6 Å². The van der Waals surface area contributed by atoms with Gasteiger partial charge in [0.1, 0.15) is 0 Å². The second kappa shape index (κ2) is 6.41. The lowest BCUT2D eigenvalue weighted by molar-refractivity contribution is 0.0601. The minimum atomic E-state index is -0.932. The first-order valence-electron chi connectivity index (χ1n) is 6.49. The molecule has 1 fully saturated rings. The first-order chi connectivity index (χ1) is 9.06. The third kappa shape index (κ3) is 3.96. The van der Waals surface area contributed by atoms with E-state index in [1.165, 1.54) is 6.07 Å². The summed E-state index contributed by atoms with van der Waals surface area (Å²) in [6.45, 7) is 1.90. The van der Waals surface area contributed by atoms with Gasteiger partial charge < -0.3 is 14.7 Å². The zero-order valence-corrected chi connectivity index (χ0v) is 11.0. The Hall–Kier alpha value is -1.04. The molecule has 0 amide bonds. The zero-order valence-electron chi connectivity index (χ0n) is 11.0. The smallest absolute Gasteiger partial charge is 0.159 e. The minimum absolute atomic E-state index is 0.210. The van der Waals surface area contributed by atoms with Crippen molar-refractivity contribution in [2.75, 3.05) is 26.7 Å². The van der Waals surface area contributed by atoms with Crippen LogP contribution in [0.1, 0.15) is 24.5 Å². The Balaban J connectivity index is 1.88. The van der Waals surface area contributed by atoms with E-state index in [1.54, 1.807) is 0 Å². The molecule has 1 aromatic rings. The summed E-state index contributed by atoms with van der Waals surface area (Å²) in [5.74, 6) is -1.83. The Morgan fingerprint density at radius 1 is 1.42 bits per heavy atom. The van der Waals surface area contributed by atoms with Crippen LogP contribution in [0.3, 0.4) is 0 Å². The average Bonchev–Trinajstić information content (AvgIpc) is 2.85. The van der Waals surface area contributed by atoms with Crippen LogP contribution in [0.2, 0.25) is 0 Å². The van der Waals surface area contributed by atoms with Gasteiger partial charge in [-0.15, -0.1) is 0 Å². The molecule has 0 spiro atoms. The molecule has 19 heavy (non-hydrogen) atoms. The molecular weight excluding hydrogens is 252 g/mol. The van der Waals surface area contributed by atoms with Crippen LogP contribution in [0.15, 0.2) is 18.2 Å². The highest BCUT2D eigenvalue weighted by Crippen LogP contribution is 2.18. The molecule has 0 radical (unpaired) electrons. The van der Waals surface area contributed by atoms with Gasteiger partial charge in [-0.05, 0) is 37.6 Å². The lowest BCUT2D eigenvalue weighted by Gasteiger charge is -2.23. The number of benzene rings is 1. The third-order valence-electron chi connectivity index (χ3n) is 3.35. The Morgan fingerprint density at radius 3 is 2.84 bits per heavy atom. The summed E-state index contributed by atoms with van der Waals surface area (Å²) in [4.78, 5) is 1.95. The minimum Gasteiger partial charge on any atom is -0.387 e. The van der Waals surface area contributed by atoms with Crippen molar-refractivity contribution in [3.8, 4) is 0 Å². The largest absolute Gasteiger partial charge is 0.387 e. The SMILES string of the molecule is CN(CC1CCCO1)CC(O)c1ccc(F)c(F)c1. The normalized spacial score (nSPS) is 21.0. The summed E-state index contributed by atoms with van der Waals surface area (Å²) in [5.41, 5.74) is 0.387. The number of halogens is 2. The molecule has 0 aromatic heterocycles. The number of hydrogen-bond acceptors (Lipinski definition) is 3. The van der Waals surface area contributed by atoms with E-state index in [2.05, 4.69) is 0 Å². The van der Waals surface area contributed by atoms with E-state index in [0.29, 0.717) is 12.1 Å². The fourth-order valence-electron chi connectivity index (χ4n) is 2.33. The number of ether oxygens (including phenoxy) is 1. The predicted octanol–water partition coefficient (Wildman–Crippen LogP) is 2.11. The Bertz CT molecular complexity index is 422. The van der Waals surface area contributed by atoms with E-state index in [0.717, 1.165) is 38.1 Å². The molecule has 0 saturated carbocycles. The second-order valence-electron chi connectivity index (χ2n) is 5.05. The second-order valence-corrected chi connectivity index (χ2v) is 5.05. The Labute approximate surface area is 111 Å². The van der Waals surface area contributed by atoms with Crippen LogP contribution in [0.25, 0.3) is 0 Å². The first kappa shape index (κ1) is 14.4. The molecule has 5 heteroatoms. The van der Waals surface area contributed by atoms with Crippen LogP contribution in [0.5, 0.6) is 0 Å². The van der Waals surface area contributed by atoms with Crippen molar-refractivity contribution in [1.82, 2.24) is 4.90 Å². The summed E-state index contributed by atoms with van der Waals surface area (Å²) in [6.07, 6.45) is 1.49. The fraction of sp³-hybridized carbons (Fsp3) is 0.571. The molecule has 3 nitrogen and oxygen atoms in total. The quantitative estimate of drug-likeness (QED) is 0.890. The maximum absolute atomic E-state index is 13.1. The standard InChI is InChI=1S/C14H19F2NO2/c1-17(8-11-3-2-6-19-11)9-14(18)10-4-5-12(15)13(16)7-10/h4-5,7,11,14,18H,2-3,6,8-9H2,1H3. The Morgan fingerprint density at radius 2 is 2.21 bits per heavy atom. The molecule has 2 unspecified atom stereocenters. The maximum Gasteiger partial charge on any atom is 0.159 e. The van der Waals surface area contributed by atoms with Crippen LogP contribution in [-0.4, -0.2) is 42.9 Å². The van der Waals surface area contributed by atoms with Crippen LogP contribution < -0.4 is 0 Å². The summed E-state index contributed by atoms with van der Waals surface area (Å²) < 4.78 is 31.4. The molecular formula is C14H19F2NO2. The predicted molar refractivity (Wildman–Crippen MR) is 67.8 cm³/mol. The molecule has 1 heterocycles. The van der Waals surface area contributed by atoms with Crippen molar-refractivity contribution in [1.29, 1.82) is 0 Å². The van der Waals surface area contributed by atoms with Gasteiger partial charge in [-0.2, -0.15) is 0 Å². The van der Waals surface area contributed by atoms with E-state index in [-0.39, 0.29) is 6.10 Å². The van der Waals surface area contributed by atoms with E-state index >= 15 is 0 Å². The average molecular weight is 271 g/mol. The van der Waals surface area contributed by atoms with Gasteiger partial charge in [-0.3, -0.25) is 0 Å². The number of aliphatic hydroxyl groups excluding tert-OH is 1. The summed E-state index contributed by atoms with van der Waals surface area (Å²) in [6, 6.07) is 3.48. The molecule has 1 aliphatic heterocycles. The highest BCUT2D eigenvalue weighted by Gasteiger charge is 2.19. The molecule has 1 N–H and O–H groups in total. The van der Waals surface area contributed by atoms with E-state index in [1.807, 2.05) is 11.9 Å². The van der Waals surface area contributed by atoms with E-state index < -0.39 is 17.7 Å². The molecule has 2 rings (SSSR count). The van der Waals surface area contributed by atoms with Crippen molar-refractivity contribution in [3.05, 3.63) is 35.4 Å². The molecule has 1 aromatic carbocycles. The molecule has 106 valence electrons. The van der Waals surface area contributed by atoms with E-state index in [4.69, 9.17) is 4.74 Å². The van der Waals surface area contributed by atoms with Gasteiger partial charge in [0, 0.05) is 19.7 Å². The first-order valence-corrected chi connectivity index (χ1v) is 6.49. The number of likely N-dealkylation sites (N-methyl/N-ethyl adjacent to an activating group) is 1. The van der Waals surface area contributed by atoms with Crippen LogP contribution in [0.4, 0.5) is 8.78 Å². The molecule has 0 aliphatic carbocycles. The van der Waals surface area contributed by atoms with Gasteiger partial charge in [0.15, 0.2) is 11.6 Å². The van der Waals surface area contributed by atoms with Gasteiger partial charge in [0.25, 0.3) is 0 Å². The number of nitrogens with zero attached hydrogens (tertiary/aromatic N) is 1. The van der Waals surface area contributed by atoms with Crippen molar-refractivity contribution in [2.45, 2.75) is 25.0 Å². The summed E-state index contributed by atoms with van der Waals surface area (Å²) in [7, 11) is 1.88. The molecule has 1 saturated heterocycles. The van der Waals surface area contributed by atoms with Crippen molar-refractivity contribution >= 4 is 0 Å². The van der Waals surface area contributed by atoms with Gasteiger partial charge >= 0.3 is 0 Å². The highest BCUT2D eigenvalue weighted by molar-refractivity contribution is 5.20. The Kier molecular flexibility index (Phi) is 4.85. The molecule has 0 bridgehead atoms. The highest BCUT2D eigenvalue weighted by atomic mass is 19.2. The summed E-state index contributed by atoms with van der Waals surface area (Å²) >= 11 is 0. The lowest BCUT2D eigenvalue weighted by atomic mass is 10.1. The van der Waals surface area contributed by atoms with Crippen molar-refractivity contribution in [2.24, 2.45) is 0 Å². The maximum atomic E-state index is 13.1.